The minimum Gasteiger partial charge on any atom is -0.465 e. The Balaban J connectivity index is 0.000000429. The van der Waals surface area contributed by atoms with Gasteiger partial charge in [-0.05, 0) is 37.4 Å². The van der Waals surface area contributed by atoms with Crippen LogP contribution in [0.1, 0.15) is 18.7 Å². The van der Waals surface area contributed by atoms with E-state index in [1.54, 1.807) is 28.8 Å². The highest BCUT2D eigenvalue weighted by Gasteiger charge is 2.40. The lowest BCUT2D eigenvalue weighted by atomic mass is 10.2. The fraction of sp³-hybridized carbons (Fsp3) is 0.370. The Morgan fingerprint density at radius 3 is 2.43 bits per heavy atom. The second-order valence-corrected chi connectivity index (χ2v) is 13.6. The molecule has 11 nitrogen and oxygen atoms in total. The van der Waals surface area contributed by atoms with Gasteiger partial charge >= 0.3 is 18.2 Å². The molecule has 4 aromatic rings. The van der Waals surface area contributed by atoms with Crippen LogP contribution in [0.3, 0.4) is 0 Å². The lowest BCUT2D eigenvalue weighted by molar-refractivity contribution is -0.199. The fourth-order valence-corrected chi connectivity index (χ4v) is 8.00. The van der Waals surface area contributed by atoms with Crippen LogP contribution in [0.5, 0.6) is 0 Å². The average molecular weight is 674 g/mol. The number of rotatable bonds is 8. The molecule has 0 bridgehead atoms. The van der Waals surface area contributed by atoms with Crippen LogP contribution in [0.15, 0.2) is 52.2 Å². The highest BCUT2D eigenvalue weighted by molar-refractivity contribution is 7.94. The molecule has 0 spiro atoms. The predicted octanol–water partition coefficient (Wildman–Crippen LogP) is 5.48. The van der Waals surface area contributed by atoms with Crippen molar-refractivity contribution in [1.82, 2.24) is 19.8 Å². The molecule has 0 radical (unpaired) electrons. The largest absolute Gasteiger partial charge is 0.490 e. The number of aromatic nitrogens is 2. The minimum absolute atomic E-state index is 0.252. The number of anilines is 1. The number of thiophene rings is 1. The Kier molecular flexibility index (Phi) is 10.5. The van der Waals surface area contributed by atoms with Gasteiger partial charge in [-0.25, -0.2) is 23.0 Å². The number of carbonyl (C=O) groups is 2. The number of nitrogens with zero attached hydrogens (tertiary/aromatic N) is 4. The van der Waals surface area contributed by atoms with Crippen molar-refractivity contribution in [2.75, 3.05) is 43.6 Å². The molecule has 1 aromatic carbocycles. The van der Waals surface area contributed by atoms with E-state index < -0.39 is 28.3 Å². The molecule has 1 aliphatic heterocycles. The molecule has 4 heterocycles. The predicted molar refractivity (Wildman–Crippen MR) is 161 cm³/mol. The first-order valence-electron chi connectivity index (χ1n) is 13.4. The van der Waals surface area contributed by atoms with E-state index >= 15 is 0 Å². The van der Waals surface area contributed by atoms with E-state index in [1.165, 1.54) is 27.5 Å². The van der Waals surface area contributed by atoms with Gasteiger partial charge in [0.1, 0.15) is 9.22 Å². The van der Waals surface area contributed by atoms with Crippen molar-refractivity contribution in [3.05, 3.63) is 52.9 Å². The van der Waals surface area contributed by atoms with Crippen LogP contribution in [-0.2, 0) is 26.1 Å². The molecule has 44 heavy (non-hydrogen) atoms. The van der Waals surface area contributed by atoms with Crippen LogP contribution >= 0.6 is 22.7 Å². The molecule has 3 aromatic heterocycles. The first-order chi connectivity index (χ1) is 20.8. The van der Waals surface area contributed by atoms with E-state index in [0.29, 0.717) is 42.6 Å². The number of carboxylic acid groups (broad SMARTS) is 1. The lowest BCUT2D eigenvalue weighted by Gasteiger charge is -2.32. The van der Waals surface area contributed by atoms with Gasteiger partial charge in [0.25, 0.3) is 10.0 Å². The number of amides is 1. The second kappa shape index (κ2) is 14.0. The van der Waals surface area contributed by atoms with Crippen LogP contribution in [-0.4, -0.2) is 90.9 Å². The highest BCUT2D eigenvalue weighted by Crippen LogP contribution is 2.35. The van der Waals surface area contributed by atoms with Crippen LogP contribution < -0.4 is 4.31 Å². The van der Waals surface area contributed by atoms with Crippen LogP contribution in [0, 0.1) is 0 Å². The SMILES string of the molecule is CCN(c1cccc2cc(-c3ncc(CN4CCN(C(=O)O)CC4)s3)[nH]c12)S(=O)(=O)c1cccs1.CCOC(=O)C(F)(F)F. The molecule has 0 saturated carbocycles. The first-order valence-corrected chi connectivity index (χ1v) is 16.6. The zero-order valence-electron chi connectivity index (χ0n) is 23.7. The van der Waals surface area contributed by atoms with Gasteiger partial charge in [0.05, 0.1) is 23.5 Å². The number of alkyl halides is 3. The number of carbonyl (C=O) groups excluding carboxylic acids is 1. The minimum atomic E-state index is -4.85. The van der Waals surface area contributed by atoms with Crippen molar-refractivity contribution in [3.8, 4) is 10.7 Å². The Hall–Kier alpha value is -3.67. The maximum absolute atomic E-state index is 13.3. The molecular formula is C27H30F3N5O6S3. The number of esters is 1. The number of sulfonamides is 1. The van der Waals surface area contributed by atoms with E-state index in [1.807, 2.05) is 37.4 Å². The topological polar surface area (TPSA) is 136 Å². The Bertz CT molecular complexity index is 1680. The summed E-state index contributed by atoms with van der Waals surface area (Å²) in [6, 6.07) is 11.0. The van der Waals surface area contributed by atoms with Crippen molar-refractivity contribution >= 4 is 61.3 Å². The van der Waals surface area contributed by atoms with Gasteiger partial charge in [-0.15, -0.1) is 22.7 Å². The number of hydrogen-bond donors (Lipinski definition) is 2. The number of nitrogens with one attached hydrogen (secondary N) is 1. The van der Waals surface area contributed by atoms with Crippen molar-refractivity contribution in [1.29, 1.82) is 0 Å². The van der Waals surface area contributed by atoms with Crippen LogP contribution in [0.4, 0.5) is 23.7 Å². The molecule has 1 fully saturated rings. The number of benzene rings is 1. The van der Waals surface area contributed by atoms with Crippen molar-refractivity contribution in [3.63, 3.8) is 0 Å². The lowest BCUT2D eigenvalue weighted by Crippen LogP contribution is -2.47. The summed E-state index contributed by atoms with van der Waals surface area (Å²) in [6.45, 7) is 6.33. The van der Waals surface area contributed by atoms with E-state index in [-0.39, 0.29) is 6.61 Å². The third kappa shape index (κ3) is 7.69. The van der Waals surface area contributed by atoms with Gasteiger partial charge in [-0.3, -0.25) is 9.21 Å². The van der Waals surface area contributed by atoms with Crippen molar-refractivity contribution in [2.45, 2.75) is 30.8 Å². The van der Waals surface area contributed by atoms with E-state index in [9.17, 15) is 31.2 Å². The maximum atomic E-state index is 13.3. The van der Waals surface area contributed by atoms with Gasteiger partial charge in [0.2, 0.25) is 0 Å². The summed E-state index contributed by atoms with van der Waals surface area (Å²) in [5.74, 6) is -2.13. The van der Waals surface area contributed by atoms with Crippen molar-refractivity contribution in [2.24, 2.45) is 0 Å². The third-order valence-electron chi connectivity index (χ3n) is 6.54. The Morgan fingerprint density at radius 2 is 1.86 bits per heavy atom. The number of piperazine rings is 1. The van der Waals surface area contributed by atoms with Crippen LogP contribution in [0.2, 0.25) is 0 Å². The molecule has 17 heteroatoms. The molecule has 1 saturated heterocycles. The summed E-state index contributed by atoms with van der Waals surface area (Å²) in [7, 11) is -3.66. The van der Waals surface area contributed by atoms with E-state index in [4.69, 9.17) is 5.11 Å². The van der Waals surface area contributed by atoms with E-state index in [0.717, 1.165) is 33.0 Å². The van der Waals surface area contributed by atoms with Crippen LogP contribution in [0.25, 0.3) is 21.6 Å². The molecule has 0 unspecified atom stereocenters. The number of hydrogen-bond acceptors (Lipinski definition) is 9. The molecule has 5 rings (SSSR count). The molecule has 1 amide bonds. The fourth-order valence-electron chi connectivity index (χ4n) is 4.49. The smallest absolute Gasteiger partial charge is 0.465 e. The third-order valence-corrected chi connectivity index (χ3v) is 10.8. The van der Waals surface area contributed by atoms with Gasteiger partial charge in [-0.1, -0.05) is 18.2 Å². The van der Waals surface area contributed by atoms with Gasteiger partial charge < -0.3 is 19.7 Å². The van der Waals surface area contributed by atoms with Gasteiger partial charge in [0, 0.05) is 55.7 Å². The number of aromatic amines is 1. The molecule has 0 aliphatic carbocycles. The summed E-state index contributed by atoms with van der Waals surface area (Å²) in [5.41, 5.74) is 2.20. The van der Waals surface area contributed by atoms with Gasteiger partial charge in [0.15, 0.2) is 0 Å². The molecule has 0 atom stereocenters. The van der Waals surface area contributed by atoms with Crippen molar-refractivity contribution < 1.29 is 41.0 Å². The number of thiazole rings is 1. The second-order valence-electron chi connectivity index (χ2n) is 9.42. The zero-order valence-corrected chi connectivity index (χ0v) is 26.2. The first kappa shape index (κ1) is 33.2. The summed E-state index contributed by atoms with van der Waals surface area (Å²) < 4.78 is 65.4. The normalized spacial score (nSPS) is 14.2. The Morgan fingerprint density at radius 1 is 1.14 bits per heavy atom. The molecule has 238 valence electrons. The summed E-state index contributed by atoms with van der Waals surface area (Å²) in [4.78, 5) is 33.6. The average Bonchev–Trinajstić information content (AvgIpc) is 3.75. The maximum Gasteiger partial charge on any atom is 0.490 e. The summed E-state index contributed by atoms with van der Waals surface area (Å²) >= 11 is 2.79. The molecular weight excluding hydrogens is 644 g/mol. The van der Waals surface area contributed by atoms with Gasteiger partial charge in [-0.2, -0.15) is 13.2 Å². The molecule has 1 aliphatic rings. The van der Waals surface area contributed by atoms with E-state index in [2.05, 4.69) is 19.6 Å². The standard InChI is InChI=1S/C23H25N5O4S3.C4H5F3O2/c1-2-28(35(31,32)20-7-4-12-33-20)19-6-3-5-16-13-18(25-21(16)19)22-24-14-17(34-22)15-26-8-10-27(11-9-26)23(29)30;1-2-9-3(8)4(5,6)7/h3-7,12-14,25H,2,8-11,15H2,1H3,(H,29,30);2H2,1H3. The quantitative estimate of drug-likeness (QED) is 0.235. The molecule has 2 N–H and O–H groups in total. The number of para-hydroxylation sites is 1. The zero-order chi connectivity index (χ0) is 32.1. The summed E-state index contributed by atoms with van der Waals surface area (Å²) in [6.07, 6.45) is -3.86. The number of ether oxygens (including phenoxy) is 1. The Labute approximate surface area is 259 Å². The monoisotopic (exact) mass is 673 g/mol. The number of halogens is 3. The highest BCUT2D eigenvalue weighted by atomic mass is 32.2. The number of fused-ring (bicyclic) bond motifs is 1. The summed E-state index contributed by atoms with van der Waals surface area (Å²) in [5, 5.41) is 12.6. The number of H-pyrrole nitrogens is 1.